The Balaban J connectivity index is 2.56. The molecular weight excluding hydrogens is 216 g/mol. The summed E-state index contributed by atoms with van der Waals surface area (Å²) in [6, 6.07) is 5.79. The van der Waals surface area contributed by atoms with E-state index in [1.165, 1.54) is 0 Å². The topological polar surface area (TPSA) is 58.3 Å². The van der Waals surface area contributed by atoms with Gasteiger partial charge in [-0.05, 0) is 31.0 Å². The number of hydrogen-bond acceptors (Lipinski definition) is 3. The molecule has 0 saturated heterocycles. The first-order valence-electron chi connectivity index (χ1n) is 5.52. The van der Waals surface area contributed by atoms with Gasteiger partial charge < -0.3 is 14.8 Å². The predicted octanol–water partition coefficient (Wildman–Crippen LogP) is 1.47. The summed E-state index contributed by atoms with van der Waals surface area (Å²) in [7, 11) is 0. The minimum atomic E-state index is -0.0580. The SMILES string of the molecule is Cc1c(CO)cccc1-n1cnc(CO)c1C. The molecule has 17 heavy (non-hydrogen) atoms. The summed E-state index contributed by atoms with van der Waals surface area (Å²) in [5.41, 5.74) is 4.52. The van der Waals surface area contributed by atoms with E-state index in [0.29, 0.717) is 5.69 Å². The van der Waals surface area contributed by atoms with Crippen LogP contribution in [0.3, 0.4) is 0 Å². The Bertz CT molecular complexity index is 532. The van der Waals surface area contributed by atoms with Gasteiger partial charge in [-0.15, -0.1) is 0 Å². The third-order valence-electron chi connectivity index (χ3n) is 3.11. The van der Waals surface area contributed by atoms with Gasteiger partial charge in [-0.25, -0.2) is 4.98 Å². The van der Waals surface area contributed by atoms with E-state index in [1.807, 2.05) is 36.6 Å². The molecule has 2 rings (SSSR count). The number of benzene rings is 1. The summed E-state index contributed by atoms with van der Waals surface area (Å²) in [5.74, 6) is 0. The quantitative estimate of drug-likeness (QED) is 0.842. The van der Waals surface area contributed by atoms with Gasteiger partial charge in [-0.2, -0.15) is 0 Å². The highest BCUT2D eigenvalue weighted by Crippen LogP contribution is 2.21. The number of imidazole rings is 1. The number of aliphatic hydroxyl groups is 2. The van der Waals surface area contributed by atoms with Crippen molar-refractivity contribution in [1.29, 1.82) is 0 Å². The van der Waals surface area contributed by atoms with Gasteiger partial charge in [0.2, 0.25) is 0 Å². The average molecular weight is 232 g/mol. The van der Waals surface area contributed by atoms with Crippen molar-refractivity contribution in [3.8, 4) is 5.69 Å². The lowest BCUT2D eigenvalue weighted by molar-refractivity contribution is 0.276. The molecule has 0 atom stereocenters. The molecule has 4 heteroatoms. The van der Waals surface area contributed by atoms with Gasteiger partial charge in [0.25, 0.3) is 0 Å². The lowest BCUT2D eigenvalue weighted by Gasteiger charge is -2.12. The van der Waals surface area contributed by atoms with Crippen LogP contribution in [0.1, 0.15) is 22.5 Å². The van der Waals surface area contributed by atoms with E-state index < -0.39 is 0 Å². The predicted molar refractivity (Wildman–Crippen MR) is 64.9 cm³/mol. The molecule has 1 aromatic carbocycles. The largest absolute Gasteiger partial charge is 0.392 e. The van der Waals surface area contributed by atoms with E-state index >= 15 is 0 Å². The monoisotopic (exact) mass is 232 g/mol. The lowest BCUT2D eigenvalue weighted by Crippen LogP contribution is -2.01. The fourth-order valence-electron chi connectivity index (χ4n) is 1.95. The molecule has 90 valence electrons. The lowest BCUT2D eigenvalue weighted by atomic mass is 10.1. The number of hydrogen-bond donors (Lipinski definition) is 2. The van der Waals surface area contributed by atoms with E-state index in [2.05, 4.69) is 4.98 Å². The number of aliphatic hydroxyl groups excluding tert-OH is 2. The van der Waals surface area contributed by atoms with Crippen molar-refractivity contribution in [2.24, 2.45) is 0 Å². The van der Waals surface area contributed by atoms with Crippen LogP contribution in [-0.2, 0) is 13.2 Å². The molecule has 0 radical (unpaired) electrons. The van der Waals surface area contributed by atoms with Crippen LogP contribution < -0.4 is 0 Å². The fourth-order valence-corrected chi connectivity index (χ4v) is 1.95. The van der Waals surface area contributed by atoms with Crippen LogP contribution in [0.5, 0.6) is 0 Å². The van der Waals surface area contributed by atoms with Gasteiger partial charge in [0.15, 0.2) is 0 Å². The first-order valence-corrected chi connectivity index (χ1v) is 5.52. The number of nitrogens with zero attached hydrogens (tertiary/aromatic N) is 2. The molecule has 0 aliphatic carbocycles. The molecule has 1 aromatic heterocycles. The van der Waals surface area contributed by atoms with Crippen molar-refractivity contribution in [3.05, 3.63) is 47.0 Å². The first-order chi connectivity index (χ1) is 8.19. The van der Waals surface area contributed by atoms with Gasteiger partial charge in [0.1, 0.15) is 0 Å². The highest BCUT2D eigenvalue weighted by Gasteiger charge is 2.10. The average Bonchev–Trinajstić information content (AvgIpc) is 2.71. The van der Waals surface area contributed by atoms with Crippen LogP contribution in [0.25, 0.3) is 5.69 Å². The Morgan fingerprint density at radius 2 is 1.94 bits per heavy atom. The normalized spacial score (nSPS) is 10.8. The van der Waals surface area contributed by atoms with Gasteiger partial charge in [0, 0.05) is 5.69 Å². The zero-order valence-corrected chi connectivity index (χ0v) is 10.0. The second kappa shape index (κ2) is 4.69. The third-order valence-corrected chi connectivity index (χ3v) is 3.11. The van der Waals surface area contributed by atoms with Crippen LogP contribution in [0.4, 0.5) is 0 Å². The summed E-state index contributed by atoms with van der Waals surface area (Å²) >= 11 is 0. The molecule has 1 heterocycles. The van der Waals surface area contributed by atoms with E-state index in [4.69, 9.17) is 5.11 Å². The van der Waals surface area contributed by atoms with Crippen LogP contribution in [0.2, 0.25) is 0 Å². The van der Waals surface area contributed by atoms with Crippen molar-refractivity contribution in [2.75, 3.05) is 0 Å². The summed E-state index contributed by atoms with van der Waals surface area (Å²) in [4.78, 5) is 4.16. The summed E-state index contributed by atoms with van der Waals surface area (Å²) in [6.07, 6.45) is 1.70. The molecule has 0 saturated carbocycles. The van der Waals surface area contributed by atoms with Crippen LogP contribution in [-0.4, -0.2) is 19.8 Å². The Morgan fingerprint density at radius 1 is 1.18 bits per heavy atom. The maximum Gasteiger partial charge on any atom is 0.0998 e. The summed E-state index contributed by atoms with van der Waals surface area (Å²) < 4.78 is 1.93. The maximum absolute atomic E-state index is 9.25. The standard InChI is InChI=1S/C13H16N2O2/c1-9-11(6-16)4-3-5-13(9)15-8-14-12(7-17)10(15)2/h3-5,8,16-17H,6-7H2,1-2H3. The Kier molecular flexibility index (Phi) is 3.26. The maximum atomic E-state index is 9.25. The first kappa shape index (κ1) is 11.8. The van der Waals surface area contributed by atoms with Crippen molar-refractivity contribution < 1.29 is 10.2 Å². The Labute approximate surface area is 100 Å². The van der Waals surface area contributed by atoms with Crippen LogP contribution >= 0.6 is 0 Å². The van der Waals surface area contributed by atoms with Crippen molar-refractivity contribution in [1.82, 2.24) is 9.55 Å². The molecule has 0 amide bonds. The summed E-state index contributed by atoms with van der Waals surface area (Å²) in [6.45, 7) is 3.86. The highest BCUT2D eigenvalue weighted by molar-refractivity contribution is 5.46. The minimum absolute atomic E-state index is 0.0281. The number of aromatic nitrogens is 2. The molecule has 2 N–H and O–H groups in total. The minimum Gasteiger partial charge on any atom is -0.392 e. The van der Waals surface area contributed by atoms with Crippen LogP contribution in [0.15, 0.2) is 24.5 Å². The van der Waals surface area contributed by atoms with Gasteiger partial charge >= 0.3 is 0 Å². The molecule has 0 spiro atoms. The smallest absolute Gasteiger partial charge is 0.0998 e. The zero-order valence-electron chi connectivity index (χ0n) is 10.0. The van der Waals surface area contributed by atoms with E-state index in [0.717, 1.165) is 22.5 Å². The number of rotatable bonds is 3. The van der Waals surface area contributed by atoms with E-state index in [-0.39, 0.29) is 13.2 Å². The molecular formula is C13H16N2O2. The molecule has 0 fully saturated rings. The van der Waals surface area contributed by atoms with Crippen molar-refractivity contribution in [2.45, 2.75) is 27.1 Å². The van der Waals surface area contributed by atoms with E-state index in [9.17, 15) is 5.11 Å². The van der Waals surface area contributed by atoms with Gasteiger partial charge in [-0.3, -0.25) is 0 Å². The second-order valence-corrected chi connectivity index (χ2v) is 4.02. The second-order valence-electron chi connectivity index (χ2n) is 4.02. The Hall–Kier alpha value is -1.65. The molecule has 0 unspecified atom stereocenters. The summed E-state index contributed by atoms with van der Waals surface area (Å²) in [5, 5.41) is 18.4. The molecule has 0 aliphatic rings. The van der Waals surface area contributed by atoms with Gasteiger partial charge in [-0.1, -0.05) is 12.1 Å². The van der Waals surface area contributed by atoms with Crippen molar-refractivity contribution >= 4 is 0 Å². The van der Waals surface area contributed by atoms with Crippen molar-refractivity contribution in [3.63, 3.8) is 0 Å². The highest BCUT2D eigenvalue weighted by atomic mass is 16.3. The third kappa shape index (κ3) is 1.97. The molecule has 4 nitrogen and oxygen atoms in total. The zero-order chi connectivity index (χ0) is 12.4. The Morgan fingerprint density at radius 3 is 2.53 bits per heavy atom. The fraction of sp³-hybridized carbons (Fsp3) is 0.308. The molecule has 0 aliphatic heterocycles. The van der Waals surface area contributed by atoms with Gasteiger partial charge in [0.05, 0.1) is 30.9 Å². The molecule has 0 bridgehead atoms. The van der Waals surface area contributed by atoms with E-state index in [1.54, 1.807) is 6.33 Å². The molecule has 2 aromatic rings. The van der Waals surface area contributed by atoms with Crippen LogP contribution in [0, 0.1) is 13.8 Å².